The fraction of sp³-hybridized carbons (Fsp3) is 0.529. The Morgan fingerprint density at radius 3 is 2.62 bits per heavy atom. The van der Waals surface area contributed by atoms with Crippen molar-refractivity contribution in [2.45, 2.75) is 12.5 Å². The Kier molecular flexibility index (Phi) is 5.11. The van der Waals surface area contributed by atoms with Crippen LogP contribution in [0.1, 0.15) is 18.1 Å². The van der Waals surface area contributed by atoms with Crippen molar-refractivity contribution in [3.63, 3.8) is 0 Å². The molecular weight excluding hydrogens is 313 g/mol. The predicted molar refractivity (Wildman–Crippen MR) is 85.4 cm³/mol. The minimum absolute atomic E-state index is 0.0236. The Hall–Kier alpha value is -1.99. The lowest BCUT2D eigenvalue weighted by Gasteiger charge is -2.34. The molecule has 2 saturated heterocycles. The first-order chi connectivity index (χ1) is 11.5. The van der Waals surface area contributed by atoms with Crippen molar-refractivity contribution in [1.29, 1.82) is 0 Å². The van der Waals surface area contributed by atoms with Gasteiger partial charge < -0.3 is 15.4 Å². The maximum Gasteiger partial charge on any atom is 0.236 e. The number of carbonyl (C=O) groups is 2. The van der Waals surface area contributed by atoms with Crippen LogP contribution in [0.4, 0.5) is 4.39 Å². The number of carbonyl (C=O) groups excluding carboxylic acids is 2. The SMILES string of the molecule is NC(=O)[C@H]1CCN(CC(=O)N2CCO[C@@H](c3ccc(F)cc3)C2)C1. The van der Waals surface area contributed by atoms with E-state index in [2.05, 4.69) is 0 Å². The summed E-state index contributed by atoms with van der Waals surface area (Å²) < 4.78 is 18.7. The molecule has 1 aromatic carbocycles. The summed E-state index contributed by atoms with van der Waals surface area (Å²) in [5.74, 6) is -0.724. The second-order valence-electron chi connectivity index (χ2n) is 6.37. The van der Waals surface area contributed by atoms with Gasteiger partial charge in [0, 0.05) is 13.1 Å². The van der Waals surface area contributed by atoms with E-state index in [1.54, 1.807) is 17.0 Å². The lowest BCUT2D eigenvalue weighted by molar-refractivity contribution is -0.140. The molecule has 1 aromatic rings. The van der Waals surface area contributed by atoms with Crippen LogP contribution in [0, 0.1) is 11.7 Å². The van der Waals surface area contributed by atoms with Crippen LogP contribution in [-0.2, 0) is 14.3 Å². The molecule has 2 N–H and O–H groups in total. The predicted octanol–water partition coefficient (Wildman–Crippen LogP) is 0.533. The average Bonchev–Trinajstić information content (AvgIpc) is 3.04. The molecule has 2 fully saturated rings. The number of primary amides is 1. The van der Waals surface area contributed by atoms with Crippen molar-refractivity contribution < 1.29 is 18.7 Å². The highest BCUT2D eigenvalue weighted by Gasteiger charge is 2.30. The van der Waals surface area contributed by atoms with Gasteiger partial charge in [0.2, 0.25) is 11.8 Å². The third-order valence-electron chi connectivity index (χ3n) is 4.69. The molecule has 2 atom stereocenters. The van der Waals surface area contributed by atoms with Gasteiger partial charge in [0.05, 0.1) is 25.6 Å². The number of nitrogens with two attached hydrogens (primary N) is 1. The Labute approximate surface area is 140 Å². The van der Waals surface area contributed by atoms with Gasteiger partial charge in [0.15, 0.2) is 0 Å². The fourth-order valence-electron chi connectivity index (χ4n) is 3.25. The zero-order valence-corrected chi connectivity index (χ0v) is 13.5. The van der Waals surface area contributed by atoms with E-state index in [-0.39, 0.29) is 29.7 Å². The second-order valence-corrected chi connectivity index (χ2v) is 6.37. The van der Waals surface area contributed by atoms with Crippen LogP contribution in [0.5, 0.6) is 0 Å². The van der Waals surface area contributed by atoms with Gasteiger partial charge in [0.25, 0.3) is 0 Å². The van der Waals surface area contributed by atoms with E-state index in [0.717, 1.165) is 5.56 Å². The maximum absolute atomic E-state index is 13.0. The summed E-state index contributed by atoms with van der Waals surface area (Å²) in [6, 6.07) is 6.17. The molecule has 0 radical (unpaired) electrons. The quantitative estimate of drug-likeness (QED) is 0.871. The van der Waals surface area contributed by atoms with Crippen molar-refractivity contribution in [2.24, 2.45) is 11.7 Å². The molecule has 2 amide bonds. The molecule has 3 rings (SSSR count). The van der Waals surface area contributed by atoms with Gasteiger partial charge in [-0.3, -0.25) is 14.5 Å². The Morgan fingerprint density at radius 1 is 1.21 bits per heavy atom. The zero-order valence-electron chi connectivity index (χ0n) is 13.5. The van der Waals surface area contributed by atoms with Crippen LogP contribution < -0.4 is 5.73 Å². The summed E-state index contributed by atoms with van der Waals surface area (Å²) in [4.78, 5) is 27.5. The van der Waals surface area contributed by atoms with E-state index in [4.69, 9.17) is 10.5 Å². The highest BCUT2D eigenvalue weighted by atomic mass is 19.1. The summed E-state index contributed by atoms with van der Waals surface area (Å²) in [6.07, 6.45) is 0.476. The number of ether oxygens (including phenoxy) is 1. The molecule has 0 aromatic heterocycles. The Balaban J connectivity index is 1.55. The first kappa shape index (κ1) is 16.9. The van der Waals surface area contributed by atoms with Gasteiger partial charge in [-0.05, 0) is 30.7 Å². The molecule has 2 aliphatic rings. The molecule has 0 bridgehead atoms. The number of nitrogens with zero attached hydrogens (tertiary/aromatic N) is 2. The van der Waals surface area contributed by atoms with Crippen LogP contribution in [0.25, 0.3) is 0 Å². The molecule has 24 heavy (non-hydrogen) atoms. The number of hydrogen-bond donors (Lipinski definition) is 1. The standard InChI is InChI=1S/C17H22FN3O3/c18-14-3-1-12(2-4-14)15-10-21(7-8-24-15)16(22)11-20-6-5-13(9-20)17(19)23/h1-4,13,15H,5-11H2,(H2,19,23)/t13-,15+/m0/s1. The molecule has 0 unspecified atom stereocenters. The number of halogens is 1. The van der Waals surface area contributed by atoms with Gasteiger partial charge in [-0.1, -0.05) is 12.1 Å². The fourth-order valence-corrected chi connectivity index (χ4v) is 3.25. The van der Waals surface area contributed by atoms with E-state index < -0.39 is 0 Å². The van der Waals surface area contributed by atoms with Crippen LogP contribution in [0.3, 0.4) is 0 Å². The maximum atomic E-state index is 13.0. The summed E-state index contributed by atoms with van der Waals surface area (Å²) >= 11 is 0. The number of amides is 2. The summed E-state index contributed by atoms with van der Waals surface area (Å²) in [5.41, 5.74) is 6.19. The highest BCUT2D eigenvalue weighted by Crippen LogP contribution is 2.23. The lowest BCUT2D eigenvalue weighted by atomic mass is 10.1. The van der Waals surface area contributed by atoms with Crippen molar-refractivity contribution in [3.8, 4) is 0 Å². The molecular formula is C17H22FN3O3. The van der Waals surface area contributed by atoms with Crippen LogP contribution in [0.15, 0.2) is 24.3 Å². The largest absolute Gasteiger partial charge is 0.370 e. The minimum Gasteiger partial charge on any atom is -0.370 e. The lowest BCUT2D eigenvalue weighted by Crippen LogP contribution is -2.46. The van der Waals surface area contributed by atoms with Crippen molar-refractivity contribution in [1.82, 2.24) is 9.80 Å². The van der Waals surface area contributed by atoms with Crippen molar-refractivity contribution in [2.75, 3.05) is 39.3 Å². The first-order valence-corrected chi connectivity index (χ1v) is 8.19. The number of likely N-dealkylation sites (tertiary alicyclic amines) is 1. The summed E-state index contributed by atoms with van der Waals surface area (Å²) in [6.45, 7) is 3.01. The molecule has 0 saturated carbocycles. The number of benzene rings is 1. The third kappa shape index (κ3) is 3.91. The first-order valence-electron chi connectivity index (χ1n) is 8.19. The van der Waals surface area contributed by atoms with Gasteiger partial charge in [0.1, 0.15) is 11.9 Å². The number of hydrogen-bond acceptors (Lipinski definition) is 4. The molecule has 0 aliphatic carbocycles. The molecule has 6 nitrogen and oxygen atoms in total. The topological polar surface area (TPSA) is 75.9 Å². The molecule has 130 valence electrons. The van der Waals surface area contributed by atoms with E-state index in [0.29, 0.717) is 45.8 Å². The van der Waals surface area contributed by atoms with Gasteiger partial charge in [-0.25, -0.2) is 4.39 Å². The monoisotopic (exact) mass is 335 g/mol. The van der Waals surface area contributed by atoms with Crippen LogP contribution in [-0.4, -0.2) is 60.9 Å². The Morgan fingerprint density at radius 2 is 1.96 bits per heavy atom. The summed E-state index contributed by atoms with van der Waals surface area (Å²) in [7, 11) is 0. The zero-order chi connectivity index (χ0) is 17.1. The van der Waals surface area contributed by atoms with Crippen LogP contribution >= 0.6 is 0 Å². The van der Waals surface area contributed by atoms with E-state index in [1.165, 1.54) is 12.1 Å². The Bertz CT molecular complexity index is 608. The summed E-state index contributed by atoms with van der Waals surface area (Å²) in [5, 5.41) is 0. The van der Waals surface area contributed by atoms with Crippen LogP contribution in [0.2, 0.25) is 0 Å². The van der Waals surface area contributed by atoms with Gasteiger partial charge >= 0.3 is 0 Å². The number of morpholine rings is 1. The average molecular weight is 335 g/mol. The van der Waals surface area contributed by atoms with E-state index in [1.807, 2.05) is 4.90 Å². The molecule has 7 heteroatoms. The normalized spacial score (nSPS) is 25.0. The van der Waals surface area contributed by atoms with Crippen molar-refractivity contribution >= 4 is 11.8 Å². The van der Waals surface area contributed by atoms with Gasteiger partial charge in [-0.15, -0.1) is 0 Å². The minimum atomic E-state index is -0.298. The smallest absolute Gasteiger partial charge is 0.236 e. The number of rotatable bonds is 4. The highest BCUT2D eigenvalue weighted by molar-refractivity contribution is 5.79. The third-order valence-corrected chi connectivity index (χ3v) is 4.69. The molecule has 2 aliphatic heterocycles. The van der Waals surface area contributed by atoms with E-state index >= 15 is 0 Å². The second kappa shape index (κ2) is 7.27. The molecule has 0 spiro atoms. The van der Waals surface area contributed by atoms with Gasteiger partial charge in [-0.2, -0.15) is 0 Å². The molecule has 2 heterocycles. The van der Waals surface area contributed by atoms with E-state index in [9.17, 15) is 14.0 Å². The van der Waals surface area contributed by atoms with Crippen molar-refractivity contribution in [3.05, 3.63) is 35.6 Å².